The standard InChI is InChI=1S/C12H13F2N5O/c13-9-2-1-8(5-10(9)14)6-16-12(20)11-7-19(4-3-15)18-17-11/h1-2,5,7H,3-4,6,15H2,(H,16,20). The Morgan fingerprint density at radius 2 is 2.15 bits per heavy atom. The molecule has 0 spiro atoms. The lowest BCUT2D eigenvalue weighted by atomic mass is 10.2. The molecular weight excluding hydrogens is 268 g/mol. The van der Waals surface area contributed by atoms with Crippen LogP contribution >= 0.6 is 0 Å². The number of nitrogens with zero attached hydrogens (tertiary/aromatic N) is 3. The maximum Gasteiger partial charge on any atom is 0.273 e. The number of aromatic nitrogens is 3. The first-order valence-corrected chi connectivity index (χ1v) is 5.92. The monoisotopic (exact) mass is 281 g/mol. The fourth-order valence-electron chi connectivity index (χ4n) is 1.57. The summed E-state index contributed by atoms with van der Waals surface area (Å²) in [5, 5.41) is 9.96. The topological polar surface area (TPSA) is 85.8 Å². The van der Waals surface area contributed by atoms with Crippen LogP contribution in [0.3, 0.4) is 0 Å². The van der Waals surface area contributed by atoms with Crippen LogP contribution in [0.1, 0.15) is 16.1 Å². The number of amides is 1. The molecule has 0 bridgehead atoms. The summed E-state index contributed by atoms with van der Waals surface area (Å²) in [7, 11) is 0. The molecule has 0 aliphatic carbocycles. The van der Waals surface area contributed by atoms with Gasteiger partial charge in [-0.05, 0) is 17.7 Å². The van der Waals surface area contributed by atoms with Gasteiger partial charge in [-0.15, -0.1) is 5.10 Å². The molecule has 1 amide bonds. The number of carbonyl (C=O) groups is 1. The maximum absolute atomic E-state index is 13.0. The van der Waals surface area contributed by atoms with Crippen LogP contribution in [0.2, 0.25) is 0 Å². The van der Waals surface area contributed by atoms with E-state index in [-0.39, 0.29) is 12.2 Å². The highest BCUT2D eigenvalue weighted by atomic mass is 19.2. The Labute approximate surface area is 113 Å². The van der Waals surface area contributed by atoms with Crippen molar-refractivity contribution < 1.29 is 13.6 Å². The van der Waals surface area contributed by atoms with Crippen molar-refractivity contribution in [3.05, 3.63) is 47.3 Å². The molecule has 8 heteroatoms. The normalized spacial score (nSPS) is 10.6. The zero-order valence-corrected chi connectivity index (χ0v) is 10.5. The molecule has 20 heavy (non-hydrogen) atoms. The zero-order valence-electron chi connectivity index (χ0n) is 10.5. The van der Waals surface area contributed by atoms with Crippen molar-refractivity contribution in [3.63, 3.8) is 0 Å². The number of hydrogen-bond acceptors (Lipinski definition) is 4. The molecule has 2 rings (SSSR count). The summed E-state index contributed by atoms with van der Waals surface area (Å²) in [6.07, 6.45) is 1.47. The quantitative estimate of drug-likeness (QED) is 0.833. The van der Waals surface area contributed by atoms with Crippen LogP contribution in [0.15, 0.2) is 24.4 Å². The average Bonchev–Trinajstić information content (AvgIpc) is 2.89. The van der Waals surface area contributed by atoms with Gasteiger partial charge in [0.1, 0.15) is 0 Å². The summed E-state index contributed by atoms with van der Waals surface area (Å²) < 4.78 is 27.2. The van der Waals surface area contributed by atoms with Gasteiger partial charge in [-0.2, -0.15) is 0 Å². The highest BCUT2D eigenvalue weighted by Gasteiger charge is 2.10. The molecule has 0 saturated carbocycles. The molecule has 6 nitrogen and oxygen atoms in total. The lowest BCUT2D eigenvalue weighted by Gasteiger charge is -2.03. The van der Waals surface area contributed by atoms with Crippen molar-refractivity contribution in [3.8, 4) is 0 Å². The fraction of sp³-hybridized carbons (Fsp3) is 0.250. The predicted octanol–water partition coefficient (Wildman–Crippen LogP) is 0.445. The molecule has 0 unspecified atom stereocenters. The van der Waals surface area contributed by atoms with Gasteiger partial charge in [0, 0.05) is 13.1 Å². The number of benzene rings is 1. The third-order valence-corrected chi connectivity index (χ3v) is 2.57. The Morgan fingerprint density at radius 3 is 2.85 bits per heavy atom. The van der Waals surface area contributed by atoms with Gasteiger partial charge >= 0.3 is 0 Å². The molecule has 1 aromatic heterocycles. The molecule has 0 atom stereocenters. The van der Waals surface area contributed by atoms with Gasteiger partial charge in [0.2, 0.25) is 0 Å². The van der Waals surface area contributed by atoms with E-state index in [9.17, 15) is 13.6 Å². The minimum absolute atomic E-state index is 0.0692. The van der Waals surface area contributed by atoms with Gasteiger partial charge in [0.15, 0.2) is 17.3 Å². The molecule has 0 radical (unpaired) electrons. The Hall–Kier alpha value is -2.35. The molecular formula is C12H13F2N5O. The van der Waals surface area contributed by atoms with Crippen molar-refractivity contribution in [1.29, 1.82) is 0 Å². The van der Waals surface area contributed by atoms with Gasteiger partial charge in [0.25, 0.3) is 5.91 Å². The van der Waals surface area contributed by atoms with E-state index < -0.39 is 17.5 Å². The summed E-state index contributed by atoms with van der Waals surface area (Å²) in [5.41, 5.74) is 5.94. The molecule has 0 fully saturated rings. The molecule has 106 valence electrons. The van der Waals surface area contributed by atoms with Crippen molar-refractivity contribution in [2.45, 2.75) is 13.1 Å². The van der Waals surface area contributed by atoms with Crippen LogP contribution in [-0.2, 0) is 13.1 Å². The summed E-state index contributed by atoms with van der Waals surface area (Å²) in [5.74, 6) is -2.33. The lowest BCUT2D eigenvalue weighted by Crippen LogP contribution is -2.23. The van der Waals surface area contributed by atoms with Gasteiger partial charge < -0.3 is 11.1 Å². The number of carbonyl (C=O) groups excluding carboxylic acids is 1. The first-order chi connectivity index (χ1) is 9.60. The molecule has 1 aromatic carbocycles. The Morgan fingerprint density at radius 1 is 1.35 bits per heavy atom. The minimum atomic E-state index is -0.953. The SMILES string of the molecule is NCCn1cc(C(=O)NCc2ccc(F)c(F)c2)nn1. The zero-order chi connectivity index (χ0) is 14.5. The fourth-order valence-corrected chi connectivity index (χ4v) is 1.57. The Kier molecular flexibility index (Phi) is 4.36. The Bertz CT molecular complexity index is 614. The summed E-state index contributed by atoms with van der Waals surface area (Å²) in [6, 6.07) is 3.43. The average molecular weight is 281 g/mol. The van der Waals surface area contributed by atoms with Gasteiger partial charge in [-0.1, -0.05) is 11.3 Å². The van der Waals surface area contributed by atoms with E-state index in [4.69, 9.17) is 5.73 Å². The maximum atomic E-state index is 13.0. The number of rotatable bonds is 5. The molecule has 0 aliphatic heterocycles. The van der Waals surface area contributed by atoms with E-state index in [1.165, 1.54) is 16.9 Å². The molecule has 0 saturated heterocycles. The first kappa shape index (κ1) is 14.1. The number of nitrogens with two attached hydrogens (primary N) is 1. The van der Waals surface area contributed by atoms with Gasteiger partial charge in [-0.25, -0.2) is 8.78 Å². The number of hydrogen-bond donors (Lipinski definition) is 2. The van der Waals surface area contributed by atoms with Crippen LogP contribution in [0.5, 0.6) is 0 Å². The van der Waals surface area contributed by atoms with E-state index in [0.717, 1.165) is 12.1 Å². The lowest BCUT2D eigenvalue weighted by molar-refractivity contribution is 0.0945. The largest absolute Gasteiger partial charge is 0.347 e. The van der Waals surface area contributed by atoms with E-state index in [1.54, 1.807) is 0 Å². The second kappa shape index (κ2) is 6.20. The summed E-state index contributed by atoms with van der Waals surface area (Å²) >= 11 is 0. The van der Waals surface area contributed by atoms with Crippen LogP contribution in [0.4, 0.5) is 8.78 Å². The predicted molar refractivity (Wildman–Crippen MR) is 66.6 cm³/mol. The van der Waals surface area contributed by atoms with Crippen molar-refractivity contribution in [1.82, 2.24) is 20.3 Å². The van der Waals surface area contributed by atoms with Gasteiger partial charge in [0.05, 0.1) is 12.7 Å². The van der Waals surface area contributed by atoms with Crippen molar-refractivity contribution >= 4 is 5.91 Å². The summed E-state index contributed by atoms with van der Waals surface area (Å²) in [4.78, 5) is 11.8. The number of halogens is 2. The molecule has 2 aromatic rings. The second-order valence-corrected chi connectivity index (χ2v) is 4.09. The first-order valence-electron chi connectivity index (χ1n) is 5.92. The van der Waals surface area contributed by atoms with Crippen LogP contribution in [0, 0.1) is 11.6 Å². The van der Waals surface area contributed by atoms with E-state index in [2.05, 4.69) is 15.6 Å². The molecule has 0 aliphatic rings. The Balaban J connectivity index is 1.95. The van der Waals surface area contributed by atoms with Crippen molar-refractivity contribution in [2.75, 3.05) is 6.54 Å². The highest BCUT2D eigenvalue weighted by Crippen LogP contribution is 2.08. The molecule has 3 N–H and O–H groups in total. The third kappa shape index (κ3) is 3.35. The van der Waals surface area contributed by atoms with E-state index >= 15 is 0 Å². The van der Waals surface area contributed by atoms with E-state index in [1.807, 2.05) is 0 Å². The van der Waals surface area contributed by atoms with Crippen LogP contribution in [0.25, 0.3) is 0 Å². The van der Waals surface area contributed by atoms with Gasteiger partial charge in [-0.3, -0.25) is 9.48 Å². The second-order valence-electron chi connectivity index (χ2n) is 4.09. The summed E-state index contributed by atoms with van der Waals surface area (Å²) in [6.45, 7) is 0.919. The van der Waals surface area contributed by atoms with Crippen LogP contribution < -0.4 is 11.1 Å². The van der Waals surface area contributed by atoms with E-state index in [0.29, 0.717) is 18.7 Å². The van der Waals surface area contributed by atoms with Crippen molar-refractivity contribution in [2.24, 2.45) is 5.73 Å². The molecule has 1 heterocycles. The third-order valence-electron chi connectivity index (χ3n) is 2.57. The highest BCUT2D eigenvalue weighted by molar-refractivity contribution is 5.91. The number of nitrogens with one attached hydrogen (secondary N) is 1. The minimum Gasteiger partial charge on any atom is -0.347 e. The smallest absolute Gasteiger partial charge is 0.273 e. The van der Waals surface area contributed by atoms with Crippen LogP contribution in [-0.4, -0.2) is 27.4 Å².